The van der Waals surface area contributed by atoms with Crippen LogP contribution in [0.25, 0.3) is 66.1 Å². The number of fused-ring (bicyclic) bond motifs is 2. The van der Waals surface area contributed by atoms with Crippen molar-refractivity contribution < 1.29 is 9.47 Å². The van der Waals surface area contributed by atoms with Crippen molar-refractivity contribution in [1.29, 1.82) is 0 Å². The van der Waals surface area contributed by atoms with E-state index in [0.717, 1.165) is 50.7 Å². The van der Waals surface area contributed by atoms with Gasteiger partial charge in [-0.05, 0) is 56.1 Å². The predicted molar refractivity (Wildman–Crippen MR) is 208 cm³/mol. The topological polar surface area (TPSA) is 21.7 Å². The van der Waals surface area contributed by atoms with Crippen molar-refractivity contribution in [2.24, 2.45) is 0 Å². The minimum absolute atomic E-state index is 0.0448. The lowest BCUT2D eigenvalue weighted by molar-refractivity contribution is 0.466. The molecule has 0 aromatic heterocycles. The van der Waals surface area contributed by atoms with E-state index in [2.05, 4.69) is 138 Å². The second-order valence-electron chi connectivity index (χ2n) is 13.5. The summed E-state index contributed by atoms with van der Waals surface area (Å²) >= 11 is 0. The maximum Gasteiger partial charge on any atom is 0.266 e. The van der Waals surface area contributed by atoms with E-state index in [4.69, 9.17) is 9.47 Å². The van der Waals surface area contributed by atoms with Crippen LogP contribution < -0.4 is 30.8 Å². The van der Waals surface area contributed by atoms with E-state index < -0.39 is 0 Å². The fraction of sp³-hybridized carbons (Fsp3) is 0.0435. The molecular weight excluding hydrogens is 609 g/mol. The molecule has 0 radical (unpaired) electrons. The van der Waals surface area contributed by atoms with Crippen molar-refractivity contribution >= 4 is 61.7 Å². The quantitative estimate of drug-likeness (QED) is 0.176. The van der Waals surface area contributed by atoms with Crippen molar-refractivity contribution in [2.75, 3.05) is 4.90 Å². The number of hydrogen-bond donors (Lipinski definition) is 0. The van der Waals surface area contributed by atoms with E-state index >= 15 is 0 Å². The monoisotopic (exact) mass is 637 g/mol. The van der Waals surface area contributed by atoms with Gasteiger partial charge in [-0.1, -0.05) is 135 Å². The predicted octanol–water partition coefficient (Wildman–Crippen LogP) is 10.8. The summed E-state index contributed by atoms with van der Waals surface area (Å²) in [5.41, 5.74) is 17.1. The molecule has 0 N–H and O–H groups in total. The first kappa shape index (κ1) is 26.7. The highest BCUT2D eigenvalue weighted by atomic mass is 16.5. The summed E-state index contributed by atoms with van der Waals surface area (Å²) in [5.74, 6) is 3.65. The van der Waals surface area contributed by atoms with E-state index in [-0.39, 0.29) is 6.71 Å². The van der Waals surface area contributed by atoms with Gasteiger partial charge in [0.2, 0.25) is 0 Å². The molecule has 0 bridgehead atoms. The van der Waals surface area contributed by atoms with Crippen LogP contribution in [0.5, 0.6) is 23.0 Å². The molecule has 232 valence electrons. The number of anilines is 3. The zero-order valence-corrected chi connectivity index (χ0v) is 27.5. The zero-order chi connectivity index (χ0) is 32.8. The summed E-state index contributed by atoms with van der Waals surface area (Å²) in [6.07, 6.45) is 0. The van der Waals surface area contributed by atoms with Gasteiger partial charge < -0.3 is 14.4 Å². The van der Waals surface area contributed by atoms with Crippen LogP contribution in [-0.2, 0) is 0 Å². The molecule has 0 unspecified atom stereocenters. The second-order valence-corrected chi connectivity index (χ2v) is 13.5. The van der Waals surface area contributed by atoms with Crippen LogP contribution in [0.3, 0.4) is 0 Å². The third kappa shape index (κ3) is 2.93. The van der Waals surface area contributed by atoms with Gasteiger partial charge in [-0.15, -0.1) is 0 Å². The molecule has 0 saturated heterocycles. The Labute approximate surface area is 290 Å². The summed E-state index contributed by atoms with van der Waals surface area (Å²) in [4.78, 5) is 2.60. The van der Waals surface area contributed by atoms with Gasteiger partial charge in [0.05, 0.1) is 17.1 Å². The van der Waals surface area contributed by atoms with Gasteiger partial charge >= 0.3 is 0 Å². The lowest BCUT2D eigenvalue weighted by Crippen LogP contribution is -2.62. The largest absolute Gasteiger partial charge is 0.458 e. The van der Waals surface area contributed by atoms with Gasteiger partial charge in [0.15, 0.2) is 0 Å². The van der Waals surface area contributed by atoms with Gasteiger partial charge in [-0.2, -0.15) is 0 Å². The van der Waals surface area contributed by atoms with Crippen molar-refractivity contribution in [3.8, 4) is 67.5 Å². The Kier molecular flexibility index (Phi) is 4.93. The van der Waals surface area contributed by atoms with Gasteiger partial charge in [0.25, 0.3) is 6.71 Å². The number of rotatable bonds is 2. The van der Waals surface area contributed by atoms with Crippen LogP contribution in [-0.4, -0.2) is 6.71 Å². The Morgan fingerprint density at radius 3 is 1.36 bits per heavy atom. The van der Waals surface area contributed by atoms with Crippen LogP contribution in [0.1, 0.15) is 13.8 Å². The third-order valence-electron chi connectivity index (χ3n) is 11.3. The Hall–Kier alpha value is -6.26. The van der Waals surface area contributed by atoms with E-state index in [1.54, 1.807) is 0 Å². The number of para-hydroxylation sites is 1. The Bertz CT molecular complexity index is 2660. The molecule has 0 aliphatic carbocycles. The lowest BCUT2D eigenvalue weighted by atomic mass is 9.32. The highest BCUT2D eigenvalue weighted by molar-refractivity contribution is 7.01. The number of benzene rings is 8. The first-order valence-electron chi connectivity index (χ1n) is 17.7. The highest BCUT2D eigenvalue weighted by Gasteiger charge is 2.53. The molecule has 3 nitrogen and oxygen atoms in total. The maximum atomic E-state index is 7.15. The molecule has 0 spiro atoms. The van der Waals surface area contributed by atoms with Crippen molar-refractivity contribution in [2.45, 2.75) is 13.8 Å². The molecule has 4 heteroatoms. The van der Waals surface area contributed by atoms with E-state index in [0.29, 0.717) is 0 Å². The summed E-state index contributed by atoms with van der Waals surface area (Å²) < 4.78 is 14.3. The van der Waals surface area contributed by atoms with Crippen LogP contribution in [0.2, 0.25) is 0 Å². The van der Waals surface area contributed by atoms with Gasteiger partial charge in [-0.25, -0.2) is 0 Å². The SMILES string of the molecule is CC.c1ccc(-c2c3c4c5c6c(cccc26)-c2cccc6c2N5c2c5c(c(-c7ccccc7)c7cccc-6c27)Oc2cccc(c2B45)O3)cc1. The fourth-order valence-electron chi connectivity index (χ4n) is 9.67. The maximum absolute atomic E-state index is 7.15. The smallest absolute Gasteiger partial charge is 0.266 e. The van der Waals surface area contributed by atoms with Crippen molar-refractivity contribution in [3.05, 3.63) is 133 Å². The first-order chi connectivity index (χ1) is 24.9. The molecule has 13 rings (SSSR count). The zero-order valence-electron chi connectivity index (χ0n) is 27.5. The van der Waals surface area contributed by atoms with Crippen LogP contribution in [0, 0.1) is 0 Å². The van der Waals surface area contributed by atoms with E-state index in [9.17, 15) is 0 Å². The third-order valence-corrected chi connectivity index (χ3v) is 11.3. The number of hydrogen-bond acceptors (Lipinski definition) is 3. The molecule has 5 heterocycles. The molecule has 0 fully saturated rings. The van der Waals surface area contributed by atoms with Crippen LogP contribution in [0.15, 0.2) is 133 Å². The minimum Gasteiger partial charge on any atom is -0.458 e. The van der Waals surface area contributed by atoms with E-state index in [1.165, 1.54) is 71.8 Å². The normalized spacial score (nSPS) is 13.6. The minimum atomic E-state index is -0.0448. The molecule has 5 aliphatic heterocycles. The first-order valence-corrected chi connectivity index (χ1v) is 17.7. The molecule has 8 aromatic rings. The molecular formula is C46H28BNO2. The molecule has 8 aromatic carbocycles. The van der Waals surface area contributed by atoms with Gasteiger partial charge in [0.1, 0.15) is 23.0 Å². The van der Waals surface area contributed by atoms with Crippen molar-refractivity contribution in [3.63, 3.8) is 0 Å². The fourth-order valence-corrected chi connectivity index (χ4v) is 9.67. The molecule has 0 amide bonds. The summed E-state index contributed by atoms with van der Waals surface area (Å²) in [5, 5.41) is 5.02. The molecule has 0 saturated carbocycles. The van der Waals surface area contributed by atoms with Gasteiger partial charge in [-0.3, -0.25) is 0 Å². The van der Waals surface area contributed by atoms with Crippen molar-refractivity contribution in [1.82, 2.24) is 0 Å². The average Bonchev–Trinajstić information content (AvgIpc) is 3.18. The lowest BCUT2D eigenvalue weighted by Gasteiger charge is -2.49. The average molecular weight is 638 g/mol. The standard InChI is InChI=1S/C44H22BNO2.C2H6/c1-3-11-23(12-4-1)33-29-19-7-15-25-27-17-9-18-28-26-16-8-20-30-34(24-13-5-2-6-14-24)44-39-42(36(26)30)46(40(27)28)41(35(25)29)38-43(33)47-31-21-10-22-32(48-44)37(31)45(38)39;1-2/h1-22H;1-2H3. The summed E-state index contributed by atoms with van der Waals surface area (Å²) in [6, 6.07) is 48.4. The van der Waals surface area contributed by atoms with E-state index in [1.807, 2.05) is 13.8 Å². The van der Waals surface area contributed by atoms with Crippen LogP contribution in [0.4, 0.5) is 17.1 Å². The summed E-state index contributed by atoms with van der Waals surface area (Å²) in [6.45, 7) is 3.96. The Morgan fingerprint density at radius 1 is 0.420 bits per heavy atom. The second kappa shape index (κ2) is 9.25. The molecule has 50 heavy (non-hydrogen) atoms. The van der Waals surface area contributed by atoms with Crippen LogP contribution >= 0.6 is 0 Å². The highest BCUT2D eigenvalue weighted by Crippen LogP contribution is 2.64. The number of nitrogens with zero attached hydrogens (tertiary/aromatic N) is 1. The number of ether oxygens (including phenoxy) is 2. The summed E-state index contributed by atoms with van der Waals surface area (Å²) in [7, 11) is 0. The van der Waals surface area contributed by atoms with Gasteiger partial charge in [0, 0.05) is 38.5 Å². The Balaban J connectivity index is 0.00000141. The Morgan fingerprint density at radius 2 is 0.860 bits per heavy atom. The molecule has 5 aliphatic rings. The molecule has 0 atom stereocenters.